The molecule has 0 spiro atoms. The topological polar surface area (TPSA) is 35.6 Å². The number of likely N-dealkylation sites (N-methyl/N-ethyl adjacent to an activating group) is 1. The molecule has 0 aromatic heterocycles. The summed E-state index contributed by atoms with van der Waals surface area (Å²) >= 11 is 0. The predicted octanol–water partition coefficient (Wildman–Crippen LogP) is 5.85. The van der Waals surface area contributed by atoms with E-state index in [1.54, 1.807) is 19.1 Å². The fraction of sp³-hybridized carbons (Fsp3) is 0.519. The van der Waals surface area contributed by atoms with Crippen molar-refractivity contribution in [1.29, 1.82) is 0 Å². The number of amides is 1. The summed E-state index contributed by atoms with van der Waals surface area (Å²) in [5, 5.41) is 3.32. The van der Waals surface area contributed by atoms with Gasteiger partial charge < -0.3 is 10.2 Å². The van der Waals surface area contributed by atoms with Gasteiger partial charge in [0, 0.05) is 43.7 Å². The molecule has 2 unspecified atom stereocenters. The molecule has 208 valence electrons. The number of aryl methyl sites for hydroxylation is 1. The minimum atomic E-state index is -5.05. The van der Waals surface area contributed by atoms with Crippen LogP contribution in [-0.4, -0.2) is 61.0 Å². The predicted molar refractivity (Wildman–Crippen MR) is 128 cm³/mol. The number of likely N-dealkylation sites (tertiary alicyclic amines) is 1. The number of carbonyl (C=O) groups excluding carboxylic acids is 1. The van der Waals surface area contributed by atoms with Crippen molar-refractivity contribution >= 4 is 5.91 Å². The highest BCUT2D eigenvalue weighted by Crippen LogP contribution is 2.38. The highest BCUT2D eigenvalue weighted by atomic mass is 19.4. The quantitative estimate of drug-likeness (QED) is 0.490. The molecule has 2 aliphatic rings. The first-order valence-electron chi connectivity index (χ1n) is 12.5. The lowest BCUT2D eigenvalue weighted by Crippen LogP contribution is -2.54. The van der Waals surface area contributed by atoms with Crippen LogP contribution < -0.4 is 5.32 Å². The van der Waals surface area contributed by atoms with E-state index in [0.717, 1.165) is 31.5 Å². The summed E-state index contributed by atoms with van der Waals surface area (Å²) in [6.45, 7) is 4.53. The third-order valence-corrected chi connectivity index (χ3v) is 7.70. The molecule has 38 heavy (non-hydrogen) atoms. The molecule has 0 aliphatic carbocycles. The molecule has 2 heterocycles. The van der Waals surface area contributed by atoms with Crippen molar-refractivity contribution in [3.63, 3.8) is 0 Å². The van der Waals surface area contributed by atoms with E-state index in [0.29, 0.717) is 43.2 Å². The van der Waals surface area contributed by atoms with Crippen molar-refractivity contribution in [3.8, 4) is 0 Å². The molecule has 2 aliphatic heterocycles. The Labute approximate surface area is 216 Å². The number of hydrogen-bond acceptors (Lipinski definition) is 3. The third-order valence-electron chi connectivity index (χ3n) is 7.70. The number of alkyl halides is 6. The Kier molecular flexibility index (Phi) is 8.09. The smallest absolute Gasteiger partial charge is 0.338 e. The van der Waals surface area contributed by atoms with Crippen LogP contribution in [0.3, 0.4) is 0 Å². The second-order valence-electron chi connectivity index (χ2n) is 10.2. The van der Waals surface area contributed by atoms with E-state index in [2.05, 4.69) is 10.2 Å². The largest absolute Gasteiger partial charge is 0.416 e. The average Bonchev–Trinajstić information content (AvgIpc) is 2.88. The molecule has 0 bridgehead atoms. The van der Waals surface area contributed by atoms with Gasteiger partial charge in [0.2, 0.25) is 0 Å². The summed E-state index contributed by atoms with van der Waals surface area (Å²) in [6.07, 6.45) is -7.75. The highest BCUT2D eigenvalue weighted by molar-refractivity contribution is 5.95. The molecule has 1 amide bonds. The van der Waals surface area contributed by atoms with Crippen LogP contribution in [-0.2, 0) is 12.4 Å². The van der Waals surface area contributed by atoms with Gasteiger partial charge in [-0.3, -0.25) is 9.69 Å². The number of hydrogen-bond donors (Lipinski definition) is 1. The van der Waals surface area contributed by atoms with Gasteiger partial charge in [-0.25, -0.2) is 4.39 Å². The maximum Gasteiger partial charge on any atom is 0.416 e. The molecular weight excluding hydrogens is 515 g/mol. The lowest BCUT2D eigenvalue weighted by atomic mass is 9.83. The SMILES string of the molecule is Cc1cc(C2CN(C3CCNCC3)CCC2N(C)C(=O)c2cc(C(F)(F)F)cc(C(F)(F)F)c2)ccc1F. The molecule has 0 saturated carbocycles. The van der Waals surface area contributed by atoms with Crippen molar-refractivity contribution in [1.82, 2.24) is 15.1 Å². The fourth-order valence-electron chi connectivity index (χ4n) is 5.59. The van der Waals surface area contributed by atoms with Gasteiger partial charge >= 0.3 is 12.4 Å². The van der Waals surface area contributed by atoms with Gasteiger partial charge in [-0.15, -0.1) is 0 Å². The Morgan fingerprint density at radius 3 is 2.11 bits per heavy atom. The Bertz CT molecular complexity index is 1130. The molecule has 2 aromatic carbocycles. The fourth-order valence-corrected chi connectivity index (χ4v) is 5.59. The zero-order chi connectivity index (χ0) is 27.8. The summed E-state index contributed by atoms with van der Waals surface area (Å²) < 4.78 is 94.4. The van der Waals surface area contributed by atoms with E-state index >= 15 is 0 Å². The average molecular weight is 546 g/mol. The van der Waals surface area contributed by atoms with Crippen LogP contribution in [0.2, 0.25) is 0 Å². The number of carbonyl (C=O) groups is 1. The number of benzene rings is 2. The number of rotatable bonds is 4. The zero-order valence-electron chi connectivity index (χ0n) is 21.1. The van der Waals surface area contributed by atoms with Crippen LogP contribution in [0.4, 0.5) is 30.7 Å². The van der Waals surface area contributed by atoms with Crippen LogP contribution in [0.15, 0.2) is 36.4 Å². The van der Waals surface area contributed by atoms with E-state index < -0.39 is 41.0 Å². The van der Waals surface area contributed by atoms with Gasteiger partial charge in [0.15, 0.2) is 0 Å². The van der Waals surface area contributed by atoms with Crippen LogP contribution in [0.25, 0.3) is 0 Å². The van der Waals surface area contributed by atoms with Crippen molar-refractivity contribution in [2.75, 3.05) is 33.2 Å². The second-order valence-corrected chi connectivity index (χ2v) is 10.2. The zero-order valence-corrected chi connectivity index (χ0v) is 21.1. The second kappa shape index (κ2) is 10.8. The first-order valence-corrected chi connectivity index (χ1v) is 12.5. The van der Waals surface area contributed by atoms with Gasteiger partial charge in [-0.2, -0.15) is 26.3 Å². The van der Waals surface area contributed by atoms with Crippen LogP contribution in [0.1, 0.15) is 57.8 Å². The Morgan fingerprint density at radius 1 is 0.947 bits per heavy atom. The lowest BCUT2D eigenvalue weighted by Gasteiger charge is -2.46. The number of halogens is 7. The van der Waals surface area contributed by atoms with Crippen molar-refractivity contribution in [3.05, 3.63) is 70.0 Å². The molecule has 2 atom stereocenters. The van der Waals surface area contributed by atoms with Crippen LogP contribution in [0, 0.1) is 12.7 Å². The number of nitrogens with zero attached hydrogens (tertiary/aromatic N) is 2. The number of nitrogens with one attached hydrogen (secondary N) is 1. The van der Waals surface area contributed by atoms with Gasteiger partial charge in [0.1, 0.15) is 5.82 Å². The Morgan fingerprint density at radius 2 is 1.55 bits per heavy atom. The molecule has 2 saturated heterocycles. The van der Waals surface area contributed by atoms with Crippen LogP contribution in [0.5, 0.6) is 0 Å². The molecule has 11 heteroatoms. The Hall–Kier alpha value is -2.66. The minimum absolute atomic E-state index is 0.0123. The third kappa shape index (κ3) is 6.14. The van der Waals surface area contributed by atoms with Gasteiger partial charge in [0.25, 0.3) is 5.91 Å². The van der Waals surface area contributed by atoms with Gasteiger partial charge in [-0.1, -0.05) is 12.1 Å². The van der Waals surface area contributed by atoms with Gasteiger partial charge in [0.05, 0.1) is 11.1 Å². The summed E-state index contributed by atoms with van der Waals surface area (Å²) in [4.78, 5) is 17.0. The maximum absolute atomic E-state index is 14.0. The van der Waals surface area contributed by atoms with E-state index in [4.69, 9.17) is 0 Å². The van der Waals surface area contributed by atoms with Crippen molar-refractivity contribution < 1.29 is 35.5 Å². The molecule has 4 nitrogen and oxygen atoms in total. The first kappa shape index (κ1) is 28.4. The maximum atomic E-state index is 14.0. The number of piperidine rings is 2. The molecule has 0 radical (unpaired) electrons. The minimum Gasteiger partial charge on any atom is -0.338 e. The standard InChI is InChI=1S/C27H30F7N3O/c1-16-11-17(3-4-23(16)28)22-15-37(21-5-8-35-9-6-21)10-7-24(22)36(2)25(38)18-12-19(26(29,30)31)14-20(13-18)27(32,33)34/h3-4,11-14,21-22,24,35H,5-10,15H2,1-2H3. The molecular formula is C27H30F7N3O. The molecule has 1 N–H and O–H groups in total. The molecule has 2 fully saturated rings. The summed E-state index contributed by atoms with van der Waals surface area (Å²) in [6, 6.07) is 5.44. The summed E-state index contributed by atoms with van der Waals surface area (Å²) in [5.41, 5.74) is -2.55. The van der Waals surface area contributed by atoms with E-state index in [1.165, 1.54) is 18.0 Å². The van der Waals surface area contributed by atoms with Crippen LogP contribution >= 0.6 is 0 Å². The van der Waals surface area contributed by atoms with Crippen molar-refractivity contribution in [2.24, 2.45) is 0 Å². The van der Waals surface area contributed by atoms with E-state index in [9.17, 15) is 35.5 Å². The van der Waals surface area contributed by atoms with E-state index in [-0.39, 0.29) is 17.8 Å². The normalized spacial score (nSPS) is 21.9. The summed E-state index contributed by atoms with van der Waals surface area (Å²) in [7, 11) is 1.41. The van der Waals surface area contributed by atoms with Crippen molar-refractivity contribution in [2.45, 2.75) is 56.5 Å². The molecule has 4 rings (SSSR count). The first-order chi connectivity index (χ1) is 17.8. The Balaban J connectivity index is 1.68. The van der Waals surface area contributed by atoms with Gasteiger partial charge in [-0.05, 0) is 74.7 Å². The monoisotopic (exact) mass is 545 g/mol. The van der Waals surface area contributed by atoms with E-state index in [1.807, 2.05) is 0 Å². The summed E-state index contributed by atoms with van der Waals surface area (Å²) in [5.74, 6) is -1.62. The highest BCUT2D eigenvalue weighted by Gasteiger charge is 2.40. The molecule has 2 aromatic rings. The lowest BCUT2D eigenvalue weighted by molar-refractivity contribution is -0.143.